The summed E-state index contributed by atoms with van der Waals surface area (Å²) < 4.78 is 5.04. The molecule has 6 nitrogen and oxygen atoms in total. The van der Waals surface area contributed by atoms with Crippen LogP contribution in [0.15, 0.2) is 53.1 Å². The summed E-state index contributed by atoms with van der Waals surface area (Å²) in [4.78, 5) is 24.8. The number of nitrogens with zero attached hydrogens (tertiary/aromatic N) is 1. The van der Waals surface area contributed by atoms with Gasteiger partial charge in [0.25, 0.3) is 5.91 Å². The van der Waals surface area contributed by atoms with Crippen molar-refractivity contribution >= 4 is 29.1 Å². The summed E-state index contributed by atoms with van der Waals surface area (Å²) in [6.45, 7) is 0.911. The lowest BCUT2D eigenvalue weighted by Crippen LogP contribution is -2.44. The van der Waals surface area contributed by atoms with Gasteiger partial charge in [0.1, 0.15) is 0 Å². The van der Waals surface area contributed by atoms with Crippen molar-refractivity contribution in [2.75, 3.05) is 13.1 Å². The number of thiocarbonyl (C=S) groups is 1. The van der Waals surface area contributed by atoms with E-state index in [2.05, 4.69) is 5.32 Å². The molecule has 2 amide bonds. The zero-order valence-corrected chi connectivity index (χ0v) is 13.9. The molecule has 0 saturated heterocycles. The number of primary amides is 1. The molecule has 0 spiro atoms. The predicted molar refractivity (Wildman–Crippen MR) is 94.3 cm³/mol. The van der Waals surface area contributed by atoms with Gasteiger partial charge in [0.05, 0.1) is 6.26 Å². The standard InChI is InChI=1S/C17H19N3O3S/c18-15(21)9-11-20(10-8-13-5-2-1-3-6-13)17(24)19-16(22)14-7-4-12-23-14/h1-7,12H,8-11H2,(H2,18,21)(H,19,22,24). The van der Waals surface area contributed by atoms with Gasteiger partial charge in [-0.15, -0.1) is 0 Å². The van der Waals surface area contributed by atoms with Gasteiger partial charge in [-0.2, -0.15) is 0 Å². The van der Waals surface area contributed by atoms with Crippen LogP contribution in [0.1, 0.15) is 22.5 Å². The van der Waals surface area contributed by atoms with Gasteiger partial charge < -0.3 is 15.1 Å². The van der Waals surface area contributed by atoms with E-state index < -0.39 is 11.8 Å². The molecule has 0 aliphatic heterocycles. The average Bonchev–Trinajstić information content (AvgIpc) is 3.10. The Bertz CT molecular complexity index is 686. The number of nitrogens with two attached hydrogens (primary N) is 1. The zero-order valence-electron chi connectivity index (χ0n) is 13.1. The number of hydrogen-bond donors (Lipinski definition) is 2. The Balaban J connectivity index is 1.97. The minimum atomic E-state index is -0.422. The van der Waals surface area contributed by atoms with Crippen LogP contribution in [0.25, 0.3) is 0 Å². The van der Waals surface area contributed by atoms with Gasteiger partial charge >= 0.3 is 0 Å². The fraction of sp³-hybridized carbons (Fsp3) is 0.235. The number of rotatable bonds is 7. The minimum Gasteiger partial charge on any atom is -0.459 e. The molecule has 0 aliphatic rings. The summed E-state index contributed by atoms with van der Waals surface area (Å²) >= 11 is 5.29. The van der Waals surface area contributed by atoms with E-state index >= 15 is 0 Å². The molecule has 0 fully saturated rings. The summed E-state index contributed by atoms with van der Waals surface area (Å²) in [7, 11) is 0. The average molecular weight is 345 g/mol. The Labute approximate surface area is 145 Å². The molecule has 2 rings (SSSR count). The molecule has 7 heteroatoms. The molecule has 1 heterocycles. The second kappa shape index (κ2) is 8.83. The Morgan fingerprint density at radius 3 is 2.50 bits per heavy atom. The van der Waals surface area contributed by atoms with Crippen LogP contribution in [-0.4, -0.2) is 34.9 Å². The van der Waals surface area contributed by atoms with Crippen molar-refractivity contribution in [1.82, 2.24) is 10.2 Å². The highest BCUT2D eigenvalue weighted by Crippen LogP contribution is 2.04. The number of benzene rings is 1. The van der Waals surface area contributed by atoms with Gasteiger partial charge in [0.2, 0.25) is 5.91 Å². The first-order valence-corrected chi connectivity index (χ1v) is 7.93. The Kier molecular flexibility index (Phi) is 6.51. The summed E-state index contributed by atoms with van der Waals surface area (Å²) in [6.07, 6.45) is 2.31. The third kappa shape index (κ3) is 5.51. The highest BCUT2D eigenvalue weighted by atomic mass is 32.1. The van der Waals surface area contributed by atoms with Gasteiger partial charge in [-0.25, -0.2) is 0 Å². The first kappa shape index (κ1) is 17.7. The second-order valence-electron chi connectivity index (χ2n) is 5.18. The zero-order chi connectivity index (χ0) is 17.4. The van der Waals surface area contributed by atoms with Crippen LogP contribution < -0.4 is 11.1 Å². The quantitative estimate of drug-likeness (QED) is 0.746. The fourth-order valence-corrected chi connectivity index (χ4v) is 2.39. The molecule has 0 radical (unpaired) electrons. The molecule has 24 heavy (non-hydrogen) atoms. The van der Waals surface area contributed by atoms with Gasteiger partial charge in [-0.3, -0.25) is 14.9 Å². The van der Waals surface area contributed by atoms with E-state index in [-0.39, 0.29) is 17.3 Å². The van der Waals surface area contributed by atoms with Crippen molar-refractivity contribution in [2.45, 2.75) is 12.8 Å². The Morgan fingerprint density at radius 2 is 1.88 bits per heavy atom. The van der Waals surface area contributed by atoms with Crippen LogP contribution in [0.2, 0.25) is 0 Å². The molecule has 3 N–H and O–H groups in total. The highest BCUT2D eigenvalue weighted by Gasteiger charge is 2.16. The van der Waals surface area contributed by atoms with Crippen molar-refractivity contribution in [3.8, 4) is 0 Å². The number of hydrogen-bond acceptors (Lipinski definition) is 4. The van der Waals surface area contributed by atoms with Gasteiger partial charge in [-0.1, -0.05) is 30.3 Å². The largest absolute Gasteiger partial charge is 0.459 e. The third-order valence-electron chi connectivity index (χ3n) is 3.39. The number of carbonyl (C=O) groups excluding carboxylic acids is 2. The maximum absolute atomic E-state index is 12.0. The number of amides is 2. The topological polar surface area (TPSA) is 88.6 Å². The lowest BCUT2D eigenvalue weighted by molar-refractivity contribution is -0.118. The lowest BCUT2D eigenvalue weighted by Gasteiger charge is -2.24. The fourth-order valence-electron chi connectivity index (χ4n) is 2.11. The Hall–Kier alpha value is -2.67. The van der Waals surface area contributed by atoms with Crippen LogP contribution in [-0.2, 0) is 11.2 Å². The molecule has 1 aromatic heterocycles. The van der Waals surface area contributed by atoms with E-state index in [0.29, 0.717) is 13.1 Å². The predicted octanol–water partition coefficient (Wildman–Crippen LogP) is 1.71. The van der Waals surface area contributed by atoms with Crippen molar-refractivity contribution in [3.63, 3.8) is 0 Å². The normalized spacial score (nSPS) is 10.2. The van der Waals surface area contributed by atoms with Gasteiger partial charge in [0.15, 0.2) is 10.9 Å². The van der Waals surface area contributed by atoms with Gasteiger partial charge in [-0.05, 0) is 36.3 Å². The van der Waals surface area contributed by atoms with Crippen LogP contribution in [0, 0.1) is 0 Å². The SMILES string of the molecule is NC(=O)CCN(CCc1ccccc1)C(=S)NC(=O)c1ccco1. The smallest absolute Gasteiger partial charge is 0.293 e. The van der Waals surface area contributed by atoms with Crippen molar-refractivity contribution in [2.24, 2.45) is 5.73 Å². The van der Waals surface area contributed by atoms with E-state index in [1.807, 2.05) is 30.3 Å². The molecule has 0 saturated carbocycles. The lowest BCUT2D eigenvalue weighted by atomic mass is 10.1. The molecule has 0 aliphatic carbocycles. The van der Waals surface area contributed by atoms with Crippen molar-refractivity contribution in [3.05, 3.63) is 60.1 Å². The molecular weight excluding hydrogens is 326 g/mol. The van der Waals surface area contributed by atoms with Crippen LogP contribution in [0.5, 0.6) is 0 Å². The van der Waals surface area contributed by atoms with Crippen LogP contribution in [0.4, 0.5) is 0 Å². The first-order valence-electron chi connectivity index (χ1n) is 7.52. The number of nitrogens with one attached hydrogen (secondary N) is 1. The second-order valence-corrected chi connectivity index (χ2v) is 5.56. The minimum absolute atomic E-state index is 0.158. The molecule has 0 bridgehead atoms. The molecule has 0 atom stereocenters. The maximum Gasteiger partial charge on any atom is 0.293 e. The number of furan rings is 1. The van der Waals surface area contributed by atoms with E-state index in [1.165, 1.54) is 6.26 Å². The van der Waals surface area contributed by atoms with E-state index in [1.54, 1.807) is 17.0 Å². The summed E-state index contributed by atoms with van der Waals surface area (Å²) in [6, 6.07) is 13.1. The molecule has 1 aromatic carbocycles. The molecule has 126 valence electrons. The summed E-state index contributed by atoms with van der Waals surface area (Å²) in [5.41, 5.74) is 6.36. The van der Waals surface area contributed by atoms with Crippen LogP contribution >= 0.6 is 12.2 Å². The maximum atomic E-state index is 12.0. The number of carbonyl (C=O) groups is 2. The third-order valence-corrected chi connectivity index (χ3v) is 3.75. The van der Waals surface area contributed by atoms with E-state index in [4.69, 9.17) is 22.4 Å². The highest BCUT2D eigenvalue weighted by molar-refractivity contribution is 7.80. The summed E-state index contributed by atoms with van der Waals surface area (Å²) in [5, 5.41) is 2.86. The van der Waals surface area contributed by atoms with E-state index in [0.717, 1.165) is 12.0 Å². The van der Waals surface area contributed by atoms with E-state index in [9.17, 15) is 9.59 Å². The van der Waals surface area contributed by atoms with Crippen LogP contribution in [0.3, 0.4) is 0 Å². The van der Waals surface area contributed by atoms with Gasteiger partial charge in [0, 0.05) is 19.5 Å². The molecular formula is C17H19N3O3S. The summed E-state index contributed by atoms with van der Waals surface area (Å²) in [5.74, 6) is -0.663. The van der Waals surface area contributed by atoms with Crippen molar-refractivity contribution in [1.29, 1.82) is 0 Å². The monoisotopic (exact) mass is 345 g/mol. The molecule has 2 aromatic rings. The van der Waals surface area contributed by atoms with Crippen molar-refractivity contribution < 1.29 is 14.0 Å². The Morgan fingerprint density at radius 1 is 1.12 bits per heavy atom. The molecule has 0 unspecified atom stereocenters. The first-order chi connectivity index (χ1) is 11.6.